The zero-order valence-electron chi connectivity index (χ0n) is 11.7. The van der Waals surface area contributed by atoms with E-state index >= 15 is 0 Å². The van der Waals surface area contributed by atoms with Gasteiger partial charge in [0.1, 0.15) is 6.04 Å². The van der Waals surface area contributed by atoms with E-state index in [0.29, 0.717) is 13.0 Å². The van der Waals surface area contributed by atoms with Crippen LogP contribution in [0.15, 0.2) is 0 Å². The van der Waals surface area contributed by atoms with Crippen LogP contribution in [0.5, 0.6) is 0 Å². The van der Waals surface area contributed by atoms with Gasteiger partial charge in [0, 0.05) is 19.6 Å². The molecule has 0 spiro atoms. The molecular weight excluding hydrogens is 230 g/mol. The standard InChI is InChI=1S/C13H25N3O2/c1-4-13(3,9-14)12(18)15-10(2)11(17)16-7-5-6-8-16/h10H,4-9,14H2,1-3H3,(H,15,18). The Bertz CT molecular complexity index is 307. The molecule has 104 valence electrons. The second-order valence-electron chi connectivity index (χ2n) is 5.35. The first-order valence-electron chi connectivity index (χ1n) is 6.74. The molecule has 0 aromatic rings. The Morgan fingerprint density at radius 3 is 2.39 bits per heavy atom. The SMILES string of the molecule is CCC(C)(CN)C(=O)NC(C)C(=O)N1CCCC1. The summed E-state index contributed by atoms with van der Waals surface area (Å²) in [5.41, 5.74) is 5.05. The molecule has 5 nitrogen and oxygen atoms in total. The molecule has 5 heteroatoms. The number of hydrogen-bond donors (Lipinski definition) is 2. The summed E-state index contributed by atoms with van der Waals surface area (Å²) in [7, 11) is 0. The fourth-order valence-corrected chi connectivity index (χ4v) is 2.04. The van der Waals surface area contributed by atoms with Crippen molar-refractivity contribution < 1.29 is 9.59 Å². The summed E-state index contributed by atoms with van der Waals surface area (Å²) in [6, 6.07) is -0.465. The van der Waals surface area contributed by atoms with Crippen molar-refractivity contribution in [2.24, 2.45) is 11.1 Å². The van der Waals surface area contributed by atoms with E-state index in [-0.39, 0.29) is 11.8 Å². The van der Waals surface area contributed by atoms with Crippen molar-refractivity contribution in [1.29, 1.82) is 0 Å². The van der Waals surface area contributed by atoms with Crippen molar-refractivity contribution in [3.63, 3.8) is 0 Å². The monoisotopic (exact) mass is 255 g/mol. The van der Waals surface area contributed by atoms with Gasteiger partial charge < -0.3 is 16.0 Å². The molecular formula is C13H25N3O2. The van der Waals surface area contributed by atoms with Gasteiger partial charge in [0.2, 0.25) is 11.8 Å². The fourth-order valence-electron chi connectivity index (χ4n) is 2.04. The molecule has 2 amide bonds. The minimum Gasteiger partial charge on any atom is -0.344 e. The molecule has 0 aromatic carbocycles. The van der Waals surface area contributed by atoms with Crippen molar-refractivity contribution in [2.45, 2.75) is 46.1 Å². The minimum absolute atomic E-state index is 0.0105. The number of amides is 2. The van der Waals surface area contributed by atoms with E-state index in [1.165, 1.54) is 0 Å². The van der Waals surface area contributed by atoms with Gasteiger partial charge in [-0.1, -0.05) is 6.92 Å². The average molecular weight is 255 g/mol. The molecule has 3 N–H and O–H groups in total. The molecule has 18 heavy (non-hydrogen) atoms. The molecule has 2 unspecified atom stereocenters. The second-order valence-corrected chi connectivity index (χ2v) is 5.35. The lowest BCUT2D eigenvalue weighted by Crippen LogP contribution is -2.51. The van der Waals surface area contributed by atoms with Gasteiger partial charge in [-0.15, -0.1) is 0 Å². The maximum atomic E-state index is 12.1. The van der Waals surface area contributed by atoms with Crippen LogP contribution < -0.4 is 11.1 Å². The number of likely N-dealkylation sites (tertiary alicyclic amines) is 1. The molecule has 1 rings (SSSR count). The van der Waals surface area contributed by atoms with E-state index < -0.39 is 11.5 Å². The van der Waals surface area contributed by atoms with Crippen molar-refractivity contribution in [1.82, 2.24) is 10.2 Å². The zero-order valence-corrected chi connectivity index (χ0v) is 11.7. The average Bonchev–Trinajstić information content (AvgIpc) is 2.90. The Hall–Kier alpha value is -1.10. The van der Waals surface area contributed by atoms with Crippen LogP contribution in [0.4, 0.5) is 0 Å². The zero-order chi connectivity index (χ0) is 13.8. The summed E-state index contributed by atoms with van der Waals surface area (Å²) in [6.07, 6.45) is 2.78. The summed E-state index contributed by atoms with van der Waals surface area (Å²) >= 11 is 0. The highest BCUT2D eigenvalue weighted by atomic mass is 16.2. The highest BCUT2D eigenvalue weighted by Crippen LogP contribution is 2.19. The van der Waals surface area contributed by atoms with E-state index in [0.717, 1.165) is 25.9 Å². The van der Waals surface area contributed by atoms with Gasteiger partial charge in [-0.05, 0) is 33.1 Å². The summed E-state index contributed by atoms with van der Waals surface area (Å²) in [5, 5.41) is 2.79. The smallest absolute Gasteiger partial charge is 0.244 e. The summed E-state index contributed by atoms with van der Waals surface area (Å²) < 4.78 is 0. The van der Waals surface area contributed by atoms with Gasteiger partial charge in [0.25, 0.3) is 0 Å². The molecule has 1 fully saturated rings. The molecule has 2 atom stereocenters. The fraction of sp³-hybridized carbons (Fsp3) is 0.846. The Kier molecular flexibility index (Phi) is 5.14. The molecule has 0 radical (unpaired) electrons. The number of nitrogens with one attached hydrogen (secondary N) is 1. The highest BCUT2D eigenvalue weighted by molar-refractivity contribution is 5.89. The summed E-state index contributed by atoms with van der Waals surface area (Å²) in [6.45, 7) is 7.40. The summed E-state index contributed by atoms with van der Waals surface area (Å²) in [5.74, 6) is -0.121. The second kappa shape index (κ2) is 6.18. The van der Waals surface area contributed by atoms with Crippen LogP contribution in [0.2, 0.25) is 0 Å². The minimum atomic E-state index is -0.584. The van der Waals surface area contributed by atoms with Crippen molar-refractivity contribution in [2.75, 3.05) is 19.6 Å². The van der Waals surface area contributed by atoms with E-state index in [2.05, 4.69) is 5.32 Å². The van der Waals surface area contributed by atoms with Gasteiger partial charge in [0.05, 0.1) is 5.41 Å². The van der Waals surface area contributed by atoms with Crippen LogP contribution in [0.25, 0.3) is 0 Å². The topological polar surface area (TPSA) is 75.4 Å². The largest absolute Gasteiger partial charge is 0.344 e. The van der Waals surface area contributed by atoms with Crippen LogP contribution in [-0.2, 0) is 9.59 Å². The van der Waals surface area contributed by atoms with E-state index in [1.807, 2.05) is 18.7 Å². The molecule has 0 aromatic heterocycles. The number of nitrogens with zero attached hydrogens (tertiary/aromatic N) is 1. The predicted molar refractivity (Wildman–Crippen MR) is 70.9 cm³/mol. The first-order valence-corrected chi connectivity index (χ1v) is 6.74. The Morgan fingerprint density at radius 1 is 1.39 bits per heavy atom. The van der Waals surface area contributed by atoms with Crippen LogP contribution >= 0.6 is 0 Å². The normalized spacial score (nSPS) is 20.3. The lowest BCUT2D eigenvalue weighted by atomic mass is 9.86. The highest BCUT2D eigenvalue weighted by Gasteiger charge is 2.32. The van der Waals surface area contributed by atoms with Crippen molar-refractivity contribution in [3.05, 3.63) is 0 Å². The van der Waals surface area contributed by atoms with E-state index in [1.54, 1.807) is 6.92 Å². The lowest BCUT2D eigenvalue weighted by molar-refractivity contribution is -0.138. The first kappa shape index (κ1) is 15.0. The Morgan fingerprint density at radius 2 is 1.94 bits per heavy atom. The third kappa shape index (κ3) is 3.22. The van der Waals surface area contributed by atoms with Gasteiger partial charge >= 0.3 is 0 Å². The van der Waals surface area contributed by atoms with Gasteiger partial charge in [-0.2, -0.15) is 0 Å². The number of hydrogen-bond acceptors (Lipinski definition) is 3. The molecule has 0 aliphatic carbocycles. The lowest BCUT2D eigenvalue weighted by Gasteiger charge is -2.28. The molecule has 0 bridgehead atoms. The number of carbonyl (C=O) groups is 2. The molecule has 1 aliphatic heterocycles. The summed E-state index contributed by atoms with van der Waals surface area (Å²) in [4.78, 5) is 26.0. The van der Waals surface area contributed by atoms with Crippen LogP contribution in [-0.4, -0.2) is 42.4 Å². The quantitative estimate of drug-likeness (QED) is 0.750. The number of nitrogens with two attached hydrogens (primary N) is 1. The van der Waals surface area contributed by atoms with E-state index in [9.17, 15) is 9.59 Å². The van der Waals surface area contributed by atoms with Crippen LogP contribution in [0, 0.1) is 5.41 Å². The Labute approximate surface area is 109 Å². The third-order valence-corrected chi connectivity index (χ3v) is 3.91. The first-order chi connectivity index (χ1) is 8.44. The maximum absolute atomic E-state index is 12.1. The van der Waals surface area contributed by atoms with Crippen LogP contribution in [0.3, 0.4) is 0 Å². The molecule has 1 heterocycles. The van der Waals surface area contributed by atoms with Gasteiger partial charge in [0.15, 0.2) is 0 Å². The number of carbonyl (C=O) groups excluding carboxylic acids is 2. The van der Waals surface area contributed by atoms with Gasteiger partial charge in [-0.25, -0.2) is 0 Å². The third-order valence-electron chi connectivity index (χ3n) is 3.91. The molecule has 0 saturated carbocycles. The van der Waals surface area contributed by atoms with Gasteiger partial charge in [-0.3, -0.25) is 9.59 Å². The molecule has 1 aliphatic rings. The van der Waals surface area contributed by atoms with Crippen LogP contribution in [0.1, 0.15) is 40.0 Å². The Balaban J connectivity index is 2.55. The maximum Gasteiger partial charge on any atom is 0.244 e. The molecule has 1 saturated heterocycles. The number of rotatable bonds is 5. The van der Waals surface area contributed by atoms with E-state index in [4.69, 9.17) is 5.73 Å². The van der Waals surface area contributed by atoms with Crippen molar-refractivity contribution >= 4 is 11.8 Å². The predicted octanol–water partition coefficient (Wildman–Crippen LogP) is 0.489. The van der Waals surface area contributed by atoms with Crippen molar-refractivity contribution in [3.8, 4) is 0 Å².